The van der Waals surface area contributed by atoms with E-state index in [9.17, 15) is 10.2 Å². The number of rotatable bonds is 5. The number of hydrogen-bond acceptors (Lipinski definition) is 8. The van der Waals surface area contributed by atoms with Crippen molar-refractivity contribution in [3.8, 4) is 0 Å². The molecule has 1 aliphatic carbocycles. The summed E-state index contributed by atoms with van der Waals surface area (Å²) in [4.78, 5) is 18.8. The van der Waals surface area contributed by atoms with E-state index in [0.29, 0.717) is 18.1 Å². The molecule has 0 bridgehead atoms. The van der Waals surface area contributed by atoms with Gasteiger partial charge >= 0.3 is 0 Å². The van der Waals surface area contributed by atoms with Gasteiger partial charge in [0.2, 0.25) is 5.95 Å². The van der Waals surface area contributed by atoms with Crippen molar-refractivity contribution in [2.45, 2.75) is 50.9 Å². The molecule has 3 heterocycles. The van der Waals surface area contributed by atoms with Crippen molar-refractivity contribution < 1.29 is 10.2 Å². The molecule has 1 fully saturated rings. The molecule has 0 aromatic carbocycles. The third-order valence-corrected chi connectivity index (χ3v) is 5.55. The Bertz CT molecular complexity index is 859. The monoisotopic (exact) mass is 371 g/mol. The van der Waals surface area contributed by atoms with Gasteiger partial charge in [-0.15, -0.1) is 0 Å². The maximum Gasteiger partial charge on any atom is 0.223 e. The van der Waals surface area contributed by atoms with E-state index >= 15 is 0 Å². The first-order chi connectivity index (χ1) is 12.7. The van der Waals surface area contributed by atoms with Crippen LogP contribution in [0.3, 0.4) is 0 Å². The van der Waals surface area contributed by atoms with Gasteiger partial charge in [0.25, 0.3) is 0 Å². The van der Waals surface area contributed by atoms with E-state index in [1.54, 1.807) is 17.5 Å². The average Bonchev–Trinajstić information content (AvgIpc) is 3.05. The third-order valence-electron chi connectivity index (χ3n) is 4.57. The van der Waals surface area contributed by atoms with Crippen LogP contribution in [0.1, 0.15) is 42.1 Å². The lowest BCUT2D eigenvalue weighted by Gasteiger charge is -2.26. The molecule has 0 unspecified atom stereocenters. The zero-order chi connectivity index (χ0) is 17.9. The minimum atomic E-state index is -0.194. The van der Waals surface area contributed by atoms with Crippen LogP contribution in [0, 0.1) is 0 Å². The Morgan fingerprint density at radius 3 is 2.69 bits per heavy atom. The van der Waals surface area contributed by atoms with Gasteiger partial charge in [-0.1, -0.05) is 11.3 Å². The summed E-state index contributed by atoms with van der Waals surface area (Å²) in [5, 5.41) is 23.5. The third kappa shape index (κ3) is 3.98. The molecule has 7 nitrogen and oxygen atoms in total. The van der Waals surface area contributed by atoms with E-state index in [0.717, 1.165) is 46.7 Å². The number of fused-ring (bicyclic) bond motifs is 1. The lowest BCUT2D eigenvalue weighted by molar-refractivity contribution is 0.126. The minimum absolute atomic E-state index is 0.130. The zero-order valence-electron chi connectivity index (χ0n) is 14.3. The van der Waals surface area contributed by atoms with Crippen LogP contribution >= 0.6 is 11.3 Å². The Morgan fingerprint density at radius 2 is 1.92 bits per heavy atom. The lowest BCUT2D eigenvalue weighted by atomic mass is 9.93. The maximum absolute atomic E-state index is 9.64. The summed E-state index contributed by atoms with van der Waals surface area (Å²) in [6.45, 7) is -0.130. The minimum Gasteiger partial charge on any atom is -0.393 e. The predicted octanol–water partition coefficient (Wildman–Crippen LogP) is 2.28. The van der Waals surface area contributed by atoms with Gasteiger partial charge in [0, 0.05) is 18.7 Å². The van der Waals surface area contributed by atoms with Crippen LogP contribution < -0.4 is 5.32 Å². The van der Waals surface area contributed by atoms with Crippen LogP contribution in [0.25, 0.3) is 10.3 Å². The van der Waals surface area contributed by atoms with Gasteiger partial charge in [-0.2, -0.15) is 0 Å². The summed E-state index contributed by atoms with van der Waals surface area (Å²) in [6.07, 6.45) is 5.53. The van der Waals surface area contributed by atoms with Crippen LogP contribution in [-0.2, 0) is 13.0 Å². The summed E-state index contributed by atoms with van der Waals surface area (Å²) in [6, 6.07) is 5.90. The van der Waals surface area contributed by atoms with E-state index in [-0.39, 0.29) is 18.8 Å². The molecule has 0 radical (unpaired) electrons. The fourth-order valence-electron chi connectivity index (χ4n) is 3.24. The number of pyridine rings is 1. The van der Waals surface area contributed by atoms with Crippen molar-refractivity contribution in [3.63, 3.8) is 0 Å². The predicted molar refractivity (Wildman–Crippen MR) is 100 cm³/mol. The van der Waals surface area contributed by atoms with Crippen LogP contribution in [0.15, 0.2) is 24.4 Å². The molecule has 1 saturated carbocycles. The van der Waals surface area contributed by atoms with Gasteiger partial charge in [-0.25, -0.2) is 19.9 Å². The van der Waals surface area contributed by atoms with Crippen molar-refractivity contribution >= 4 is 27.6 Å². The Kier molecular flexibility index (Phi) is 5.05. The first-order valence-corrected chi connectivity index (χ1v) is 9.64. The average molecular weight is 371 g/mol. The van der Waals surface area contributed by atoms with Gasteiger partial charge in [0.15, 0.2) is 0 Å². The standard InChI is InChI=1S/C18H21N5O2S/c24-10-13-8-12(9-16-23-15-2-1-7-19-17(15)26-16)21-18(22-13)20-11-3-5-14(25)6-4-11/h1-2,7-8,11,14,24-25H,3-6,9-10H2,(H,20,21,22). The van der Waals surface area contributed by atoms with E-state index in [1.165, 1.54) is 0 Å². The maximum atomic E-state index is 9.64. The van der Waals surface area contributed by atoms with Gasteiger partial charge in [-0.3, -0.25) is 0 Å². The zero-order valence-corrected chi connectivity index (χ0v) is 15.1. The number of aromatic nitrogens is 4. The SMILES string of the molecule is OCc1cc(Cc2nc3cccnc3s2)nc(NC2CCC(O)CC2)n1. The second-order valence-corrected chi connectivity index (χ2v) is 7.66. The summed E-state index contributed by atoms with van der Waals surface area (Å²) in [5.41, 5.74) is 2.30. The molecular formula is C18H21N5O2S. The molecule has 3 N–H and O–H groups in total. The summed E-state index contributed by atoms with van der Waals surface area (Å²) >= 11 is 1.55. The molecule has 3 aromatic heterocycles. The van der Waals surface area contributed by atoms with Crippen molar-refractivity contribution in [1.82, 2.24) is 19.9 Å². The highest BCUT2D eigenvalue weighted by Crippen LogP contribution is 2.23. The highest BCUT2D eigenvalue weighted by molar-refractivity contribution is 7.18. The lowest BCUT2D eigenvalue weighted by Crippen LogP contribution is -2.29. The number of nitrogens with zero attached hydrogens (tertiary/aromatic N) is 4. The van der Waals surface area contributed by atoms with E-state index < -0.39 is 0 Å². The number of nitrogens with one attached hydrogen (secondary N) is 1. The van der Waals surface area contributed by atoms with Gasteiger partial charge < -0.3 is 15.5 Å². The number of hydrogen-bond donors (Lipinski definition) is 3. The fourth-order valence-corrected chi connectivity index (χ4v) is 4.16. The quantitative estimate of drug-likeness (QED) is 0.632. The number of aliphatic hydroxyl groups is 2. The Balaban J connectivity index is 1.53. The molecule has 1 aliphatic rings. The fraction of sp³-hybridized carbons (Fsp3) is 0.444. The molecule has 4 rings (SSSR count). The number of thiazole rings is 1. The van der Waals surface area contributed by atoms with Gasteiger partial charge in [0.1, 0.15) is 15.4 Å². The molecule has 0 saturated heterocycles. The molecule has 0 spiro atoms. The Morgan fingerprint density at radius 1 is 1.12 bits per heavy atom. The summed E-state index contributed by atoms with van der Waals surface area (Å²) in [5.74, 6) is 0.534. The highest BCUT2D eigenvalue weighted by atomic mass is 32.1. The van der Waals surface area contributed by atoms with Crippen LogP contribution in [0.4, 0.5) is 5.95 Å². The normalized spacial score (nSPS) is 20.4. The summed E-state index contributed by atoms with van der Waals surface area (Å²) < 4.78 is 0. The molecule has 0 atom stereocenters. The molecule has 0 amide bonds. The summed E-state index contributed by atoms with van der Waals surface area (Å²) in [7, 11) is 0. The number of aliphatic hydroxyl groups excluding tert-OH is 2. The van der Waals surface area contributed by atoms with Crippen LogP contribution in [0.5, 0.6) is 0 Å². The molecule has 136 valence electrons. The van der Waals surface area contributed by atoms with Gasteiger partial charge in [-0.05, 0) is 43.9 Å². The largest absolute Gasteiger partial charge is 0.393 e. The van der Waals surface area contributed by atoms with Crippen LogP contribution in [-0.4, -0.2) is 42.3 Å². The second-order valence-electron chi connectivity index (χ2n) is 6.59. The van der Waals surface area contributed by atoms with Crippen molar-refractivity contribution in [2.24, 2.45) is 0 Å². The van der Waals surface area contributed by atoms with Crippen molar-refractivity contribution in [2.75, 3.05) is 5.32 Å². The molecule has 0 aliphatic heterocycles. The first-order valence-electron chi connectivity index (χ1n) is 8.82. The second kappa shape index (κ2) is 7.61. The number of anilines is 1. The van der Waals surface area contributed by atoms with E-state index in [4.69, 9.17) is 0 Å². The van der Waals surface area contributed by atoms with Crippen molar-refractivity contribution in [3.05, 3.63) is 40.8 Å². The Labute approximate surface area is 155 Å². The first kappa shape index (κ1) is 17.3. The molecular weight excluding hydrogens is 350 g/mol. The molecule has 3 aromatic rings. The molecule has 8 heteroatoms. The van der Waals surface area contributed by atoms with Crippen molar-refractivity contribution in [1.29, 1.82) is 0 Å². The van der Waals surface area contributed by atoms with Gasteiger partial charge in [0.05, 0.1) is 24.1 Å². The van der Waals surface area contributed by atoms with E-state index in [2.05, 4.69) is 25.3 Å². The molecule has 26 heavy (non-hydrogen) atoms. The topological polar surface area (TPSA) is 104 Å². The Hall–Kier alpha value is -2.16. The highest BCUT2D eigenvalue weighted by Gasteiger charge is 2.20. The van der Waals surface area contributed by atoms with E-state index in [1.807, 2.05) is 18.2 Å². The smallest absolute Gasteiger partial charge is 0.223 e. The van der Waals surface area contributed by atoms with Crippen LogP contribution in [0.2, 0.25) is 0 Å².